The maximum Gasteiger partial charge on any atom is 0.128 e. The van der Waals surface area contributed by atoms with E-state index in [-0.39, 0.29) is 12.4 Å². The van der Waals surface area contributed by atoms with Crippen LogP contribution in [0.5, 0.6) is 0 Å². The SMILES string of the molecule is CC(CO)(c1ccccc1F)N1CCCNCC1. The third-order valence-electron chi connectivity index (χ3n) is 3.80. The number of halogens is 1. The predicted molar refractivity (Wildman–Crippen MR) is 69.9 cm³/mol. The van der Waals surface area contributed by atoms with Crippen molar-refractivity contribution < 1.29 is 9.50 Å². The van der Waals surface area contributed by atoms with Crippen LogP contribution in [-0.4, -0.2) is 42.8 Å². The zero-order valence-electron chi connectivity index (χ0n) is 10.8. The maximum absolute atomic E-state index is 14.0. The molecule has 1 fully saturated rings. The summed E-state index contributed by atoms with van der Waals surface area (Å²) < 4.78 is 14.0. The van der Waals surface area contributed by atoms with Gasteiger partial charge in [0.1, 0.15) is 5.82 Å². The van der Waals surface area contributed by atoms with Crippen LogP contribution in [-0.2, 0) is 5.54 Å². The Balaban J connectivity index is 2.31. The van der Waals surface area contributed by atoms with Crippen LogP contribution in [0.1, 0.15) is 18.9 Å². The smallest absolute Gasteiger partial charge is 0.128 e. The molecule has 1 aliphatic heterocycles. The Labute approximate surface area is 108 Å². The number of rotatable bonds is 3. The van der Waals surface area contributed by atoms with Gasteiger partial charge in [0.2, 0.25) is 0 Å². The van der Waals surface area contributed by atoms with Gasteiger partial charge in [-0.15, -0.1) is 0 Å². The fraction of sp³-hybridized carbons (Fsp3) is 0.571. The van der Waals surface area contributed by atoms with Crippen LogP contribution in [0.15, 0.2) is 24.3 Å². The fourth-order valence-electron chi connectivity index (χ4n) is 2.59. The van der Waals surface area contributed by atoms with E-state index in [4.69, 9.17) is 0 Å². The lowest BCUT2D eigenvalue weighted by atomic mass is 9.90. The topological polar surface area (TPSA) is 35.5 Å². The molecule has 0 saturated carbocycles. The van der Waals surface area contributed by atoms with Gasteiger partial charge in [-0.3, -0.25) is 4.90 Å². The molecule has 1 aliphatic rings. The van der Waals surface area contributed by atoms with Crippen LogP contribution in [0.3, 0.4) is 0 Å². The molecule has 1 aromatic carbocycles. The van der Waals surface area contributed by atoms with E-state index in [1.54, 1.807) is 12.1 Å². The summed E-state index contributed by atoms with van der Waals surface area (Å²) in [5, 5.41) is 13.1. The molecule has 0 amide bonds. The Morgan fingerprint density at radius 3 is 2.83 bits per heavy atom. The van der Waals surface area contributed by atoms with E-state index in [2.05, 4.69) is 10.2 Å². The van der Waals surface area contributed by atoms with Crippen molar-refractivity contribution in [3.8, 4) is 0 Å². The van der Waals surface area contributed by atoms with E-state index in [1.807, 2.05) is 13.0 Å². The zero-order chi connectivity index (χ0) is 13.0. The minimum atomic E-state index is -0.642. The molecule has 1 aromatic rings. The van der Waals surface area contributed by atoms with E-state index in [9.17, 15) is 9.50 Å². The van der Waals surface area contributed by atoms with Crippen LogP contribution in [0.4, 0.5) is 4.39 Å². The summed E-state index contributed by atoms with van der Waals surface area (Å²) in [6.45, 7) is 5.40. The van der Waals surface area contributed by atoms with Crippen LogP contribution in [0, 0.1) is 5.82 Å². The van der Waals surface area contributed by atoms with Crippen molar-refractivity contribution in [3.05, 3.63) is 35.6 Å². The second-order valence-electron chi connectivity index (χ2n) is 5.00. The van der Waals surface area contributed by atoms with Gasteiger partial charge in [-0.2, -0.15) is 0 Å². The summed E-state index contributed by atoms with van der Waals surface area (Å²) in [5.74, 6) is -0.244. The highest BCUT2D eigenvalue weighted by Crippen LogP contribution is 2.30. The van der Waals surface area contributed by atoms with Crippen molar-refractivity contribution in [3.63, 3.8) is 0 Å². The van der Waals surface area contributed by atoms with Crippen molar-refractivity contribution >= 4 is 0 Å². The first kappa shape index (κ1) is 13.5. The lowest BCUT2D eigenvalue weighted by Crippen LogP contribution is -2.48. The van der Waals surface area contributed by atoms with E-state index < -0.39 is 5.54 Å². The number of aliphatic hydroxyl groups excluding tert-OH is 1. The van der Waals surface area contributed by atoms with Gasteiger partial charge in [0.25, 0.3) is 0 Å². The molecule has 1 heterocycles. The highest BCUT2D eigenvalue weighted by molar-refractivity contribution is 5.26. The van der Waals surface area contributed by atoms with Crippen LogP contribution in [0.25, 0.3) is 0 Å². The molecule has 3 nitrogen and oxygen atoms in total. The number of hydrogen-bond donors (Lipinski definition) is 2. The minimum absolute atomic E-state index is 0.0755. The largest absolute Gasteiger partial charge is 0.394 e. The maximum atomic E-state index is 14.0. The minimum Gasteiger partial charge on any atom is -0.394 e. The number of nitrogens with zero attached hydrogens (tertiary/aromatic N) is 1. The molecule has 2 rings (SSSR count). The first-order chi connectivity index (χ1) is 8.68. The number of nitrogens with one attached hydrogen (secondary N) is 1. The van der Waals surface area contributed by atoms with Crippen molar-refractivity contribution in [2.75, 3.05) is 32.8 Å². The van der Waals surface area contributed by atoms with Gasteiger partial charge in [-0.25, -0.2) is 4.39 Å². The summed E-state index contributed by atoms with van der Waals surface area (Å²) in [6, 6.07) is 6.73. The number of aliphatic hydroxyl groups is 1. The van der Waals surface area contributed by atoms with E-state index in [1.165, 1.54) is 6.07 Å². The fourth-order valence-corrected chi connectivity index (χ4v) is 2.59. The third kappa shape index (κ3) is 2.55. The summed E-state index contributed by atoms with van der Waals surface area (Å²) in [5.41, 5.74) is -0.0634. The Morgan fingerprint density at radius 2 is 2.11 bits per heavy atom. The lowest BCUT2D eigenvalue weighted by Gasteiger charge is -2.40. The Hall–Kier alpha value is -0.970. The third-order valence-corrected chi connectivity index (χ3v) is 3.80. The van der Waals surface area contributed by atoms with Gasteiger partial charge >= 0.3 is 0 Å². The number of hydrogen-bond acceptors (Lipinski definition) is 3. The Bertz CT molecular complexity index is 391. The molecular formula is C14H21FN2O. The molecule has 1 atom stereocenters. The summed E-state index contributed by atoms with van der Waals surface area (Å²) in [6.07, 6.45) is 1.02. The van der Waals surface area contributed by atoms with E-state index in [0.29, 0.717) is 5.56 Å². The van der Waals surface area contributed by atoms with Gasteiger partial charge in [0.05, 0.1) is 12.1 Å². The van der Waals surface area contributed by atoms with Crippen LogP contribution in [0.2, 0.25) is 0 Å². The van der Waals surface area contributed by atoms with Gasteiger partial charge in [0, 0.05) is 25.2 Å². The molecule has 18 heavy (non-hydrogen) atoms. The highest BCUT2D eigenvalue weighted by Gasteiger charge is 2.35. The molecule has 0 radical (unpaired) electrons. The summed E-state index contributed by atoms with van der Waals surface area (Å²) in [4.78, 5) is 2.17. The lowest BCUT2D eigenvalue weighted by molar-refractivity contribution is 0.0425. The van der Waals surface area contributed by atoms with Crippen LogP contribution >= 0.6 is 0 Å². The van der Waals surface area contributed by atoms with Crippen molar-refractivity contribution in [2.45, 2.75) is 18.9 Å². The van der Waals surface area contributed by atoms with Gasteiger partial charge in [0.15, 0.2) is 0 Å². The van der Waals surface area contributed by atoms with Gasteiger partial charge in [-0.1, -0.05) is 18.2 Å². The molecular weight excluding hydrogens is 231 g/mol. The molecule has 0 spiro atoms. The highest BCUT2D eigenvalue weighted by atomic mass is 19.1. The van der Waals surface area contributed by atoms with Crippen molar-refractivity contribution in [2.24, 2.45) is 0 Å². The zero-order valence-corrected chi connectivity index (χ0v) is 10.8. The second-order valence-corrected chi connectivity index (χ2v) is 5.00. The monoisotopic (exact) mass is 252 g/mol. The molecule has 0 aliphatic carbocycles. The van der Waals surface area contributed by atoms with Crippen molar-refractivity contribution in [1.82, 2.24) is 10.2 Å². The van der Waals surface area contributed by atoms with E-state index >= 15 is 0 Å². The second kappa shape index (κ2) is 5.78. The van der Waals surface area contributed by atoms with Crippen LogP contribution < -0.4 is 5.32 Å². The first-order valence-corrected chi connectivity index (χ1v) is 6.50. The molecule has 1 unspecified atom stereocenters. The molecule has 100 valence electrons. The summed E-state index contributed by atoms with van der Waals surface area (Å²) in [7, 11) is 0. The number of benzene rings is 1. The molecule has 0 aromatic heterocycles. The van der Waals surface area contributed by atoms with Gasteiger partial charge < -0.3 is 10.4 Å². The standard InChI is InChI=1S/C14H21FN2O/c1-14(11-18,12-5-2-3-6-13(12)15)17-9-4-7-16-8-10-17/h2-3,5-6,16,18H,4,7-11H2,1H3. The summed E-state index contributed by atoms with van der Waals surface area (Å²) >= 11 is 0. The Morgan fingerprint density at radius 1 is 1.33 bits per heavy atom. The molecule has 4 heteroatoms. The van der Waals surface area contributed by atoms with E-state index in [0.717, 1.165) is 32.6 Å². The molecule has 0 bridgehead atoms. The molecule has 1 saturated heterocycles. The van der Waals surface area contributed by atoms with Gasteiger partial charge in [-0.05, 0) is 26.0 Å². The first-order valence-electron chi connectivity index (χ1n) is 6.50. The normalized spacial score (nSPS) is 21.3. The average Bonchev–Trinajstić information content (AvgIpc) is 2.67. The Kier molecular flexibility index (Phi) is 4.32. The quantitative estimate of drug-likeness (QED) is 0.852. The molecule has 2 N–H and O–H groups in total. The average molecular weight is 252 g/mol. The predicted octanol–water partition coefficient (Wildman–Crippen LogP) is 1.33. The van der Waals surface area contributed by atoms with Crippen molar-refractivity contribution in [1.29, 1.82) is 0 Å².